The van der Waals surface area contributed by atoms with Crippen LogP contribution in [0.4, 0.5) is 0 Å². The molecule has 1 aliphatic rings. The number of pyridine rings is 2. The van der Waals surface area contributed by atoms with Crippen LogP contribution in [-0.2, 0) is 25.4 Å². The summed E-state index contributed by atoms with van der Waals surface area (Å²) in [5.41, 5.74) is 13.7. The molecule has 0 bridgehead atoms. The van der Waals surface area contributed by atoms with E-state index in [1.165, 1.54) is 74.1 Å². The maximum atomic E-state index is 6.96. The number of fused-ring (bicyclic) bond motifs is 7. The first-order valence-corrected chi connectivity index (χ1v) is 19.0. The quantitative estimate of drug-likeness (QED) is 0.136. The molecular formula is C46H50N4O+2. The Kier molecular flexibility index (Phi) is 8.62. The molecule has 4 aromatic heterocycles. The lowest BCUT2D eigenvalue weighted by Crippen LogP contribution is -2.62. The molecule has 5 heteroatoms. The van der Waals surface area contributed by atoms with E-state index in [0.29, 0.717) is 5.92 Å². The number of aromatic nitrogens is 4. The minimum absolute atomic E-state index is 0.0648. The third-order valence-electron chi connectivity index (χ3n) is 12.0. The molecule has 0 fully saturated rings. The molecule has 0 spiro atoms. The van der Waals surface area contributed by atoms with Gasteiger partial charge in [0, 0.05) is 59.8 Å². The van der Waals surface area contributed by atoms with E-state index in [4.69, 9.17) is 4.42 Å². The van der Waals surface area contributed by atoms with Crippen LogP contribution in [-0.4, -0.2) is 9.55 Å². The number of hydrogen-bond donors (Lipinski definition) is 0. The molecular weight excluding hydrogens is 625 g/mol. The van der Waals surface area contributed by atoms with E-state index in [2.05, 4.69) is 152 Å². The fourth-order valence-electron chi connectivity index (χ4n) is 9.04. The Morgan fingerprint density at radius 2 is 1.65 bits per heavy atom. The van der Waals surface area contributed by atoms with Gasteiger partial charge in [0.05, 0.1) is 24.1 Å². The van der Waals surface area contributed by atoms with Crippen molar-refractivity contribution >= 4 is 21.9 Å². The Bertz CT molecular complexity index is 2380. The van der Waals surface area contributed by atoms with Gasteiger partial charge in [-0.05, 0) is 73.9 Å². The van der Waals surface area contributed by atoms with Gasteiger partial charge < -0.3 is 4.42 Å². The molecule has 1 aliphatic heterocycles. The zero-order valence-electron chi connectivity index (χ0n) is 31.0. The number of hydrogen-bond acceptors (Lipinski definition) is 2. The van der Waals surface area contributed by atoms with Crippen molar-refractivity contribution in [3.8, 4) is 28.3 Å². The van der Waals surface area contributed by atoms with Crippen LogP contribution >= 0.6 is 0 Å². The molecule has 5 heterocycles. The fourth-order valence-corrected chi connectivity index (χ4v) is 9.04. The minimum atomic E-state index is -0.0648. The standard InChI is InChI=1S/C46H50N4O/c1-7-10-13-33-16-18-37-38-19-20-39-40(21-17-34-14-11-12-15-36(34)45-48(6)26-27-49(45)35-22-24-47-25-23-35)46(8-2,9-3)50-30-32(5)31(4)28-41(50)43(39)44(38)51-42(37)29-33/h11-12,14-16,18-20,22-30,40H,7-10,13,17,21H2,1-6H3/q+2. The van der Waals surface area contributed by atoms with Crippen LogP contribution < -0.4 is 9.13 Å². The topological polar surface area (TPSA) is 38.7 Å². The highest BCUT2D eigenvalue weighted by Gasteiger charge is 2.52. The van der Waals surface area contributed by atoms with Gasteiger partial charge in [-0.25, -0.2) is 4.57 Å². The van der Waals surface area contributed by atoms with Gasteiger partial charge in [0.15, 0.2) is 11.7 Å². The molecule has 3 aromatic carbocycles. The SMILES string of the molecule is CCCCc1ccc2c(c1)oc1c3c(ccc12)C(CCc1ccccc1-c1n(-c2ccncc2)cc[n+]1C)C(CC)(CC)[n+]1cc(C)c(C)cc1-3. The number of rotatable bonds is 10. The molecule has 0 saturated carbocycles. The third-order valence-corrected chi connectivity index (χ3v) is 12.0. The fraction of sp³-hybridized carbons (Fsp3) is 0.326. The average Bonchev–Trinajstić information content (AvgIpc) is 3.73. The molecule has 0 radical (unpaired) electrons. The molecule has 7 aromatic rings. The molecule has 51 heavy (non-hydrogen) atoms. The highest BCUT2D eigenvalue weighted by molar-refractivity contribution is 6.10. The lowest BCUT2D eigenvalue weighted by molar-refractivity contribution is -0.763. The molecule has 0 amide bonds. The van der Waals surface area contributed by atoms with Crippen molar-refractivity contribution in [3.63, 3.8) is 0 Å². The predicted molar refractivity (Wildman–Crippen MR) is 207 cm³/mol. The smallest absolute Gasteiger partial charge is 0.294 e. The lowest BCUT2D eigenvalue weighted by atomic mass is 9.68. The Labute approximate surface area is 302 Å². The normalized spacial score (nSPS) is 15.0. The minimum Gasteiger partial charge on any atom is -0.455 e. The van der Waals surface area contributed by atoms with E-state index in [-0.39, 0.29) is 5.54 Å². The van der Waals surface area contributed by atoms with Crippen LogP contribution in [0, 0.1) is 13.8 Å². The molecule has 1 atom stereocenters. The van der Waals surface area contributed by atoms with Gasteiger partial charge >= 0.3 is 0 Å². The van der Waals surface area contributed by atoms with Crippen LogP contribution in [0.3, 0.4) is 0 Å². The van der Waals surface area contributed by atoms with Gasteiger partial charge in [-0.1, -0.05) is 69.7 Å². The maximum absolute atomic E-state index is 6.96. The van der Waals surface area contributed by atoms with Gasteiger partial charge in [0.25, 0.3) is 5.82 Å². The summed E-state index contributed by atoms with van der Waals surface area (Å²) in [7, 11) is 2.14. The van der Waals surface area contributed by atoms with Crippen LogP contribution in [0.25, 0.3) is 50.3 Å². The molecule has 1 unspecified atom stereocenters. The van der Waals surface area contributed by atoms with E-state index < -0.39 is 0 Å². The summed E-state index contributed by atoms with van der Waals surface area (Å²) < 4.78 is 14.1. The van der Waals surface area contributed by atoms with Crippen LogP contribution in [0.1, 0.15) is 86.6 Å². The molecule has 0 N–H and O–H groups in total. The Balaban J connectivity index is 1.28. The largest absolute Gasteiger partial charge is 0.455 e. The monoisotopic (exact) mass is 674 g/mol. The van der Waals surface area contributed by atoms with Gasteiger partial charge in [0.1, 0.15) is 29.2 Å². The van der Waals surface area contributed by atoms with E-state index in [0.717, 1.165) is 49.0 Å². The van der Waals surface area contributed by atoms with Crippen molar-refractivity contribution < 1.29 is 13.6 Å². The Morgan fingerprint density at radius 3 is 2.43 bits per heavy atom. The van der Waals surface area contributed by atoms with E-state index in [9.17, 15) is 0 Å². The second-order valence-corrected chi connectivity index (χ2v) is 14.7. The molecule has 258 valence electrons. The number of furan rings is 1. The highest BCUT2D eigenvalue weighted by atomic mass is 16.3. The van der Waals surface area contributed by atoms with Gasteiger partial charge in [0.2, 0.25) is 5.69 Å². The lowest BCUT2D eigenvalue weighted by Gasteiger charge is -2.40. The van der Waals surface area contributed by atoms with Crippen LogP contribution in [0.5, 0.6) is 0 Å². The molecule has 5 nitrogen and oxygen atoms in total. The molecule has 0 aliphatic carbocycles. The van der Waals surface area contributed by atoms with Crippen LogP contribution in [0.2, 0.25) is 0 Å². The van der Waals surface area contributed by atoms with Gasteiger partial charge in [-0.2, -0.15) is 9.13 Å². The van der Waals surface area contributed by atoms with Gasteiger partial charge in [-0.15, -0.1) is 0 Å². The summed E-state index contributed by atoms with van der Waals surface area (Å²) in [6.07, 6.45) is 18.0. The molecule has 0 saturated heterocycles. The first-order chi connectivity index (χ1) is 24.9. The highest BCUT2D eigenvalue weighted by Crippen LogP contribution is 2.51. The van der Waals surface area contributed by atoms with Crippen molar-refractivity contribution in [3.05, 3.63) is 132 Å². The van der Waals surface area contributed by atoms with Crippen LogP contribution in [0.15, 0.2) is 108 Å². The third kappa shape index (κ3) is 5.40. The Morgan fingerprint density at radius 1 is 0.863 bits per heavy atom. The first kappa shape index (κ1) is 33.1. The summed E-state index contributed by atoms with van der Waals surface area (Å²) in [6, 6.07) is 27.2. The van der Waals surface area contributed by atoms with Gasteiger partial charge in [-0.3, -0.25) is 4.98 Å². The zero-order chi connectivity index (χ0) is 35.3. The maximum Gasteiger partial charge on any atom is 0.294 e. The van der Waals surface area contributed by atoms with E-state index in [1.807, 2.05) is 12.4 Å². The average molecular weight is 675 g/mol. The van der Waals surface area contributed by atoms with Crippen molar-refractivity contribution in [2.24, 2.45) is 7.05 Å². The summed E-state index contributed by atoms with van der Waals surface area (Å²) in [5.74, 6) is 1.47. The summed E-state index contributed by atoms with van der Waals surface area (Å²) >= 11 is 0. The molecule has 8 rings (SSSR count). The zero-order valence-corrected chi connectivity index (χ0v) is 31.0. The number of unbranched alkanes of at least 4 members (excludes halogenated alkanes) is 1. The summed E-state index contributed by atoms with van der Waals surface area (Å²) in [6.45, 7) is 11.5. The predicted octanol–water partition coefficient (Wildman–Crippen LogP) is 10.4. The summed E-state index contributed by atoms with van der Waals surface area (Å²) in [5, 5.41) is 2.42. The first-order valence-electron chi connectivity index (χ1n) is 19.0. The Hall–Kier alpha value is -5.03. The second kappa shape index (κ2) is 13.3. The van der Waals surface area contributed by atoms with Crippen molar-refractivity contribution in [2.75, 3.05) is 0 Å². The number of nitrogens with zero attached hydrogens (tertiary/aromatic N) is 4. The van der Waals surface area contributed by atoms with Crippen molar-refractivity contribution in [2.45, 2.75) is 91.0 Å². The van der Waals surface area contributed by atoms with Crippen molar-refractivity contribution in [1.82, 2.24) is 9.55 Å². The summed E-state index contributed by atoms with van der Waals surface area (Å²) in [4.78, 5) is 4.27. The van der Waals surface area contributed by atoms with E-state index >= 15 is 0 Å². The van der Waals surface area contributed by atoms with Crippen molar-refractivity contribution in [1.29, 1.82) is 0 Å². The van der Waals surface area contributed by atoms with E-state index in [1.54, 1.807) is 0 Å². The number of benzene rings is 3. The second-order valence-electron chi connectivity index (χ2n) is 14.7. The number of aryl methyl sites for hydroxylation is 5. The number of imidazole rings is 1.